The molecule has 0 bridgehead atoms. The van der Waals surface area contributed by atoms with Gasteiger partial charge in [0.25, 0.3) is 0 Å². The molecule has 0 spiro atoms. The standard InChI is InChI=1S/C18H29N5O2.HI/c1-19-18(20-8-7-15-5-4-14-25-15)23-12-10-22(11-13-23)17(24)16-6-3-9-21(16)2;/h4-5,14,16H,3,6-13H2,1-2H3,(H,19,20);1H. The lowest BCUT2D eigenvalue weighted by Crippen LogP contribution is -2.56. The number of likely N-dealkylation sites (N-methyl/N-ethyl adjacent to an activating group) is 1. The number of furan rings is 1. The minimum atomic E-state index is 0. The molecule has 7 nitrogen and oxygen atoms in total. The maximum absolute atomic E-state index is 12.7. The Morgan fingerprint density at radius 3 is 2.58 bits per heavy atom. The van der Waals surface area contributed by atoms with Gasteiger partial charge in [-0.3, -0.25) is 14.7 Å². The Morgan fingerprint density at radius 1 is 1.27 bits per heavy atom. The minimum absolute atomic E-state index is 0. The summed E-state index contributed by atoms with van der Waals surface area (Å²) in [6.45, 7) is 4.99. The molecule has 0 aliphatic carbocycles. The lowest BCUT2D eigenvalue weighted by molar-refractivity contribution is -0.136. The van der Waals surface area contributed by atoms with Gasteiger partial charge in [0.1, 0.15) is 5.76 Å². The Bertz CT molecular complexity index is 584. The van der Waals surface area contributed by atoms with E-state index in [9.17, 15) is 4.79 Å². The van der Waals surface area contributed by atoms with Crippen LogP contribution >= 0.6 is 24.0 Å². The molecule has 2 aliphatic heterocycles. The third kappa shape index (κ3) is 5.12. The summed E-state index contributed by atoms with van der Waals surface area (Å²) >= 11 is 0. The van der Waals surface area contributed by atoms with Crippen molar-refractivity contribution in [2.24, 2.45) is 4.99 Å². The number of hydrogen-bond donors (Lipinski definition) is 1. The number of amides is 1. The van der Waals surface area contributed by atoms with E-state index in [1.807, 2.05) is 17.0 Å². The van der Waals surface area contributed by atoms with Crippen molar-refractivity contribution in [2.45, 2.75) is 25.3 Å². The molecule has 8 heteroatoms. The lowest BCUT2D eigenvalue weighted by Gasteiger charge is -2.38. The molecular weight excluding hydrogens is 445 g/mol. The Balaban J connectivity index is 0.00000243. The summed E-state index contributed by atoms with van der Waals surface area (Å²) in [4.78, 5) is 23.5. The molecular formula is C18H30IN5O2. The predicted octanol–water partition coefficient (Wildman–Crippen LogP) is 1.25. The van der Waals surface area contributed by atoms with Gasteiger partial charge in [0.2, 0.25) is 5.91 Å². The summed E-state index contributed by atoms with van der Waals surface area (Å²) < 4.78 is 5.35. The molecule has 0 aromatic carbocycles. The van der Waals surface area contributed by atoms with Crippen LogP contribution in [0.5, 0.6) is 0 Å². The maximum atomic E-state index is 12.7. The van der Waals surface area contributed by atoms with E-state index in [1.54, 1.807) is 13.3 Å². The zero-order chi connectivity index (χ0) is 17.6. The predicted molar refractivity (Wildman–Crippen MR) is 113 cm³/mol. The number of nitrogens with one attached hydrogen (secondary N) is 1. The van der Waals surface area contributed by atoms with E-state index in [4.69, 9.17) is 4.42 Å². The number of halogens is 1. The van der Waals surface area contributed by atoms with Gasteiger partial charge in [-0.2, -0.15) is 0 Å². The van der Waals surface area contributed by atoms with E-state index >= 15 is 0 Å². The Kier molecular flexibility index (Phi) is 8.20. The van der Waals surface area contributed by atoms with Gasteiger partial charge in [-0.15, -0.1) is 24.0 Å². The fourth-order valence-corrected chi connectivity index (χ4v) is 3.66. The summed E-state index contributed by atoms with van der Waals surface area (Å²) in [7, 11) is 3.86. The van der Waals surface area contributed by atoms with E-state index in [-0.39, 0.29) is 30.0 Å². The number of likely N-dealkylation sites (tertiary alicyclic amines) is 1. The molecule has 2 aliphatic rings. The van der Waals surface area contributed by atoms with Crippen LogP contribution in [-0.2, 0) is 11.2 Å². The molecule has 3 rings (SSSR count). The van der Waals surface area contributed by atoms with Crippen molar-refractivity contribution < 1.29 is 9.21 Å². The van der Waals surface area contributed by atoms with E-state index in [0.29, 0.717) is 5.91 Å². The van der Waals surface area contributed by atoms with Crippen molar-refractivity contribution in [3.63, 3.8) is 0 Å². The molecule has 1 unspecified atom stereocenters. The average Bonchev–Trinajstić information content (AvgIpc) is 3.30. The normalized spacial score (nSPS) is 21.6. The summed E-state index contributed by atoms with van der Waals surface area (Å²) in [5, 5.41) is 3.39. The SMILES string of the molecule is CN=C(NCCc1ccco1)N1CCN(C(=O)C2CCCN2C)CC1.I. The monoisotopic (exact) mass is 475 g/mol. The van der Waals surface area contributed by atoms with Crippen LogP contribution in [0, 0.1) is 0 Å². The number of carbonyl (C=O) groups is 1. The van der Waals surface area contributed by atoms with Crippen molar-refractivity contribution >= 4 is 35.8 Å². The molecule has 1 aromatic heterocycles. The highest BCUT2D eigenvalue weighted by Gasteiger charge is 2.33. The Hall–Kier alpha value is -1.29. The van der Waals surface area contributed by atoms with Crippen molar-refractivity contribution in [3.8, 4) is 0 Å². The van der Waals surface area contributed by atoms with Crippen LogP contribution in [0.25, 0.3) is 0 Å². The van der Waals surface area contributed by atoms with Crippen LogP contribution in [0.1, 0.15) is 18.6 Å². The number of guanidine groups is 1. The smallest absolute Gasteiger partial charge is 0.240 e. The molecule has 26 heavy (non-hydrogen) atoms. The van der Waals surface area contributed by atoms with Gasteiger partial charge in [-0.05, 0) is 38.6 Å². The quantitative estimate of drug-likeness (QED) is 0.404. The van der Waals surface area contributed by atoms with Crippen molar-refractivity contribution in [1.29, 1.82) is 0 Å². The fraction of sp³-hybridized carbons (Fsp3) is 0.667. The van der Waals surface area contributed by atoms with Gasteiger partial charge in [-0.1, -0.05) is 0 Å². The highest BCUT2D eigenvalue weighted by molar-refractivity contribution is 14.0. The Labute approximate surface area is 172 Å². The third-order valence-electron chi connectivity index (χ3n) is 5.14. The first-order valence-electron chi connectivity index (χ1n) is 9.16. The van der Waals surface area contributed by atoms with Gasteiger partial charge in [0.05, 0.1) is 12.3 Å². The molecule has 0 radical (unpaired) electrons. The van der Waals surface area contributed by atoms with Gasteiger partial charge >= 0.3 is 0 Å². The number of nitrogens with zero attached hydrogens (tertiary/aromatic N) is 4. The van der Waals surface area contributed by atoms with Crippen molar-refractivity contribution in [1.82, 2.24) is 20.0 Å². The first-order chi connectivity index (χ1) is 12.2. The first kappa shape index (κ1) is 21.0. The molecule has 1 amide bonds. The topological polar surface area (TPSA) is 64.3 Å². The van der Waals surface area contributed by atoms with Crippen LogP contribution in [0.15, 0.2) is 27.8 Å². The molecule has 1 atom stereocenters. The van der Waals surface area contributed by atoms with Crippen molar-refractivity contribution in [3.05, 3.63) is 24.2 Å². The summed E-state index contributed by atoms with van der Waals surface area (Å²) in [6, 6.07) is 3.97. The number of piperazine rings is 1. The first-order valence-corrected chi connectivity index (χ1v) is 9.16. The molecule has 1 N–H and O–H groups in total. The molecule has 2 saturated heterocycles. The van der Waals surface area contributed by atoms with Gasteiger partial charge in [0, 0.05) is 46.2 Å². The van der Waals surface area contributed by atoms with Crippen LogP contribution in [-0.4, -0.2) is 86.0 Å². The summed E-state index contributed by atoms with van der Waals surface area (Å²) in [5.41, 5.74) is 0. The van der Waals surface area contributed by atoms with E-state index in [0.717, 1.165) is 70.3 Å². The second-order valence-electron chi connectivity index (χ2n) is 6.75. The third-order valence-corrected chi connectivity index (χ3v) is 5.14. The van der Waals surface area contributed by atoms with E-state index in [2.05, 4.69) is 27.2 Å². The van der Waals surface area contributed by atoms with Crippen LogP contribution in [0.4, 0.5) is 0 Å². The fourth-order valence-electron chi connectivity index (χ4n) is 3.66. The second kappa shape index (κ2) is 10.1. The van der Waals surface area contributed by atoms with Crippen LogP contribution in [0.2, 0.25) is 0 Å². The summed E-state index contributed by atoms with van der Waals surface area (Å²) in [6.07, 6.45) is 4.64. The zero-order valence-corrected chi connectivity index (χ0v) is 18.0. The molecule has 146 valence electrons. The van der Waals surface area contributed by atoms with E-state index in [1.165, 1.54) is 0 Å². The van der Waals surface area contributed by atoms with E-state index < -0.39 is 0 Å². The van der Waals surface area contributed by atoms with Gasteiger partial charge in [0.15, 0.2) is 5.96 Å². The van der Waals surface area contributed by atoms with Gasteiger partial charge in [-0.25, -0.2) is 0 Å². The minimum Gasteiger partial charge on any atom is -0.469 e. The highest BCUT2D eigenvalue weighted by Crippen LogP contribution is 2.18. The zero-order valence-electron chi connectivity index (χ0n) is 15.7. The highest BCUT2D eigenvalue weighted by atomic mass is 127. The van der Waals surface area contributed by atoms with Gasteiger partial charge < -0.3 is 19.5 Å². The summed E-state index contributed by atoms with van der Waals surface area (Å²) in [5.74, 6) is 2.16. The number of aliphatic imine (C=N–C) groups is 1. The Morgan fingerprint density at radius 2 is 2.00 bits per heavy atom. The molecule has 3 heterocycles. The van der Waals surface area contributed by atoms with Crippen LogP contribution in [0.3, 0.4) is 0 Å². The molecule has 1 aromatic rings. The largest absolute Gasteiger partial charge is 0.469 e. The number of carbonyl (C=O) groups excluding carboxylic acids is 1. The van der Waals surface area contributed by atoms with Crippen LogP contribution < -0.4 is 5.32 Å². The number of hydrogen-bond acceptors (Lipinski definition) is 4. The molecule has 0 saturated carbocycles. The van der Waals surface area contributed by atoms with Crippen molar-refractivity contribution in [2.75, 3.05) is 53.4 Å². The lowest BCUT2D eigenvalue weighted by atomic mass is 10.1. The maximum Gasteiger partial charge on any atom is 0.240 e. The number of rotatable bonds is 4. The second-order valence-corrected chi connectivity index (χ2v) is 6.75. The molecule has 2 fully saturated rings. The average molecular weight is 475 g/mol.